The second kappa shape index (κ2) is 9.54. The Morgan fingerprint density at radius 1 is 1.28 bits per heavy atom. The van der Waals surface area contributed by atoms with Gasteiger partial charge in [0, 0.05) is 29.9 Å². The fourth-order valence-corrected chi connectivity index (χ4v) is 4.99. The highest BCUT2D eigenvalue weighted by molar-refractivity contribution is 6.09. The molecule has 9 heteroatoms. The molecule has 3 atom stereocenters. The lowest BCUT2D eigenvalue weighted by molar-refractivity contribution is -0.139. The average molecular weight is 492 g/mol. The Labute approximate surface area is 210 Å². The quantitative estimate of drug-likeness (QED) is 0.467. The molecule has 3 heterocycles. The average Bonchev–Trinajstić information content (AvgIpc) is 3.50. The molecule has 190 valence electrons. The van der Waals surface area contributed by atoms with Crippen molar-refractivity contribution in [2.45, 2.75) is 65.1 Å². The molecule has 1 aliphatic heterocycles. The van der Waals surface area contributed by atoms with E-state index in [4.69, 9.17) is 4.74 Å². The van der Waals surface area contributed by atoms with E-state index >= 15 is 0 Å². The number of likely N-dealkylation sites (tertiary alicyclic amines) is 1. The number of rotatable bonds is 7. The number of nitrogens with zero attached hydrogens (tertiary/aromatic N) is 3. The highest BCUT2D eigenvalue weighted by atomic mass is 16.5. The number of H-pyrrole nitrogens is 1. The van der Waals surface area contributed by atoms with E-state index < -0.39 is 6.10 Å². The predicted octanol–water partition coefficient (Wildman–Crippen LogP) is 3.13. The second-order valence-corrected chi connectivity index (χ2v) is 10.2. The van der Waals surface area contributed by atoms with Crippen molar-refractivity contribution in [1.82, 2.24) is 25.2 Å². The molecule has 1 aliphatic carbocycles. The van der Waals surface area contributed by atoms with Gasteiger partial charge in [0.25, 0.3) is 11.8 Å². The summed E-state index contributed by atoms with van der Waals surface area (Å²) in [5.41, 5.74) is 5.05. The normalized spacial score (nSPS) is 20.5. The number of nitrogens with one attached hydrogen (secondary N) is 2. The number of aromatic amines is 1. The van der Waals surface area contributed by atoms with Crippen molar-refractivity contribution in [3.05, 3.63) is 41.3 Å². The Bertz CT molecular complexity index is 1310. The van der Waals surface area contributed by atoms with Gasteiger partial charge in [0.05, 0.1) is 17.7 Å². The van der Waals surface area contributed by atoms with Gasteiger partial charge in [0.1, 0.15) is 29.4 Å². The van der Waals surface area contributed by atoms with Crippen LogP contribution in [0.25, 0.3) is 22.3 Å². The first kappa shape index (κ1) is 24.2. The molecule has 1 aromatic carbocycles. The van der Waals surface area contributed by atoms with Crippen LogP contribution < -0.4 is 10.1 Å². The molecule has 36 heavy (non-hydrogen) atoms. The summed E-state index contributed by atoms with van der Waals surface area (Å²) in [5, 5.41) is 12.8. The first-order valence-electron chi connectivity index (χ1n) is 12.6. The van der Waals surface area contributed by atoms with Crippen molar-refractivity contribution in [3.8, 4) is 17.0 Å². The van der Waals surface area contributed by atoms with Crippen LogP contribution in [0, 0.1) is 19.8 Å². The van der Waals surface area contributed by atoms with E-state index in [1.54, 1.807) is 4.90 Å². The molecule has 2 amide bonds. The Balaban J connectivity index is 1.43. The molecule has 2 aromatic heterocycles. The van der Waals surface area contributed by atoms with Crippen LogP contribution in [-0.4, -0.2) is 68.1 Å². The van der Waals surface area contributed by atoms with Crippen LogP contribution in [0.5, 0.6) is 5.75 Å². The van der Waals surface area contributed by atoms with Crippen molar-refractivity contribution < 1.29 is 19.4 Å². The van der Waals surface area contributed by atoms with Gasteiger partial charge in [-0.15, -0.1) is 0 Å². The van der Waals surface area contributed by atoms with Gasteiger partial charge in [0.15, 0.2) is 0 Å². The second-order valence-electron chi connectivity index (χ2n) is 10.2. The zero-order valence-corrected chi connectivity index (χ0v) is 21.2. The largest absolute Gasteiger partial charge is 0.493 e. The number of hydrogen-bond acceptors (Lipinski definition) is 6. The van der Waals surface area contributed by atoms with Gasteiger partial charge in [-0.2, -0.15) is 0 Å². The van der Waals surface area contributed by atoms with E-state index in [-0.39, 0.29) is 23.9 Å². The minimum atomic E-state index is -1.06. The van der Waals surface area contributed by atoms with Gasteiger partial charge < -0.3 is 25.0 Å². The van der Waals surface area contributed by atoms with Crippen LogP contribution >= 0.6 is 0 Å². The number of ether oxygens (including phenoxy) is 1. The fraction of sp³-hybridized carbons (Fsp3) is 0.481. The highest BCUT2D eigenvalue weighted by Crippen LogP contribution is 2.37. The van der Waals surface area contributed by atoms with E-state index in [1.807, 2.05) is 39.0 Å². The summed E-state index contributed by atoms with van der Waals surface area (Å²) in [4.78, 5) is 39.7. The molecule has 9 nitrogen and oxygen atoms in total. The molecule has 1 saturated carbocycles. The molecule has 2 aliphatic rings. The summed E-state index contributed by atoms with van der Waals surface area (Å²) in [6.45, 7) is 8.32. The predicted molar refractivity (Wildman–Crippen MR) is 136 cm³/mol. The number of carbonyl (C=O) groups is 2. The van der Waals surface area contributed by atoms with Gasteiger partial charge in [-0.05, 0) is 65.0 Å². The van der Waals surface area contributed by atoms with Crippen LogP contribution in [-0.2, 0) is 4.79 Å². The number of aryl methyl sites for hydroxylation is 2. The third-order valence-corrected chi connectivity index (χ3v) is 7.11. The van der Waals surface area contributed by atoms with E-state index in [0.717, 1.165) is 16.9 Å². The molecule has 2 fully saturated rings. The summed E-state index contributed by atoms with van der Waals surface area (Å²) in [7, 11) is 0. The molecule has 0 spiro atoms. The van der Waals surface area contributed by atoms with Crippen molar-refractivity contribution >= 4 is 22.8 Å². The first-order valence-corrected chi connectivity index (χ1v) is 12.6. The molecule has 3 N–H and O–H groups in total. The zero-order valence-electron chi connectivity index (χ0n) is 21.2. The Morgan fingerprint density at radius 2 is 2.06 bits per heavy atom. The smallest absolute Gasteiger partial charge is 0.255 e. The van der Waals surface area contributed by atoms with Gasteiger partial charge in [-0.3, -0.25) is 9.59 Å². The van der Waals surface area contributed by atoms with Crippen molar-refractivity contribution in [2.75, 3.05) is 13.2 Å². The van der Waals surface area contributed by atoms with Gasteiger partial charge in [-0.1, -0.05) is 11.6 Å². The van der Waals surface area contributed by atoms with E-state index in [0.29, 0.717) is 53.5 Å². The van der Waals surface area contributed by atoms with Crippen molar-refractivity contribution in [1.29, 1.82) is 0 Å². The van der Waals surface area contributed by atoms with Crippen LogP contribution in [0.15, 0.2) is 24.5 Å². The Kier molecular flexibility index (Phi) is 6.42. The molecule has 1 saturated heterocycles. The summed E-state index contributed by atoms with van der Waals surface area (Å²) < 4.78 is 6.15. The van der Waals surface area contributed by atoms with Crippen LogP contribution in [0.4, 0.5) is 0 Å². The molecular weight excluding hydrogens is 458 g/mol. The number of amides is 2. The van der Waals surface area contributed by atoms with Gasteiger partial charge in [0.2, 0.25) is 0 Å². The van der Waals surface area contributed by atoms with E-state index in [2.05, 4.69) is 20.3 Å². The lowest BCUT2D eigenvalue weighted by Crippen LogP contribution is -2.42. The minimum absolute atomic E-state index is 0.0641. The number of benzene rings is 1. The Hall–Kier alpha value is -3.46. The zero-order chi connectivity index (χ0) is 25.6. The van der Waals surface area contributed by atoms with Crippen molar-refractivity contribution in [3.63, 3.8) is 0 Å². The maximum Gasteiger partial charge on any atom is 0.255 e. The number of hydrogen-bond donors (Lipinski definition) is 3. The highest BCUT2D eigenvalue weighted by Gasteiger charge is 2.35. The third kappa shape index (κ3) is 4.67. The monoisotopic (exact) mass is 491 g/mol. The van der Waals surface area contributed by atoms with Gasteiger partial charge >= 0.3 is 0 Å². The topological polar surface area (TPSA) is 120 Å². The first-order chi connectivity index (χ1) is 17.2. The lowest BCUT2D eigenvalue weighted by atomic mass is 10.1. The van der Waals surface area contributed by atoms with Crippen molar-refractivity contribution in [2.24, 2.45) is 5.92 Å². The summed E-state index contributed by atoms with van der Waals surface area (Å²) >= 11 is 0. The number of aliphatic hydroxyl groups is 1. The molecule has 0 unspecified atom stereocenters. The number of fused-ring (bicyclic) bond motifs is 1. The van der Waals surface area contributed by atoms with Crippen LogP contribution in [0.2, 0.25) is 0 Å². The Morgan fingerprint density at radius 3 is 2.78 bits per heavy atom. The molecule has 5 rings (SSSR count). The SMILES string of the molecule is Cc1ccc(OCC2CC2)c(-c2ncnc3c(C(=O)N[C@H]4C[C@@H](C)N(C(=O)[C@H](C)O)C4)c(C)[nH]c23)c1. The number of aromatic nitrogens is 3. The molecular formula is C27H33N5O4. The number of aliphatic hydroxyl groups excluding tert-OH is 1. The maximum absolute atomic E-state index is 13.4. The fourth-order valence-electron chi connectivity index (χ4n) is 4.99. The lowest BCUT2D eigenvalue weighted by Gasteiger charge is -2.22. The number of carbonyl (C=O) groups excluding carboxylic acids is 2. The molecule has 0 radical (unpaired) electrons. The van der Waals surface area contributed by atoms with E-state index in [1.165, 1.54) is 26.1 Å². The maximum atomic E-state index is 13.4. The van der Waals surface area contributed by atoms with Gasteiger partial charge in [-0.25, -0.2) is 9.97 Å². The third-order valence-electron chi connectivity index (χ3n) is 7.11. The summed E-state index contributed by atoms with van der Waals surface area (Å²) in [6.07, 6.45) is 3.45. The standard InChI is InChI=1S/C27H33N5O4/c1-14-5-8-21(36-12-18-6-7-18)20(9-14)23-25-24(29-13-28-23)22(16(3)30-25)26(34)31-19-10-15(2)32(11-19)27(35)17(4)33/h5,8-9,13,15,17-19,30,33H,6-7,10-12H2,1-4H3,(H,31,34)/t15-,17+,19+/m1/s1. The van der Waals surface area contributed by atoms with Crippen LogP contribution in [0.1, 0.15) is 54.7 Å². The minimum Gasteiger partial charge on any atom is -0.493 e. The summed E-state index contributed by atoms with van der Waals surface area (Å²) in [5.74, 6) is 0.824. The van der Waals surface area contributed by atoms with E-state index in [9.17, 15) is 14.7 Å². The molecule has 0 bridgehead atoms. The molecule has 3 aromatic rings. The van der Waals surface area contributed by atoms with Crippen LogP contribution in [0.3, 0.4) is 0 Å². The summed E-state index contributed by atoms with van der Waals surface area (Å²) in [6, 6.07) is 5.78.